The van der Waals surface area contributed by atoms with Crippen molar-refractivity contribution in [2.45, 2.75) is 19.8 Å². The zero-order valence-corrected chi connectivity index (χ0v) is 15.7. The summed E-state index contributed by atoms with van der Waals surface area (Å²) in [4.78, 5) is 38.1. The molecule has 1 fully saturated rings. The Hall–Kier alpha value is -2.61. The molecule has 1 aliphatic heterocycles. The first-order valence-corrected chi connectivity index (χ1v) is 8.93. The summed E-state index contributed by atoms with van der Waals surface area (Å²) in [5.74, 6) is -1.26. The highest BCUT2D eigenvalue weighted by Gasteiger charge is 2.43. The summed E-state index contributed by atoms with van der Waals surface area (Å²) in [6.45, 7) is 2.61. The van der Waals surface area contributed by atoms with Gasteiger partial charge in [0.05, 0.1) is 25.3 Å². The Bertz CT molecular complexity index is 689. The van der Waals surface area contributed by atoms with E-state index in [-0.39, 0.29) is 25.6 Å². The number of likely N-dealkylation sites (tertiary alicyclic amines) is 1. The van der Waals surface area contributed by atoms with Gasteiger partial charge in [-0.3, -0.25) is 14.4 Å². The molecule has 0 aliphatic carbocycles. The van der Waals surface area contributed by atoms with Crippen molar-refractivity contribution in [1.29, 1.82) is 0 Å². The second-order valence-corrected chi connectivity index (χ2v) is 6.55. The van der Waals surface area contributed by atoms with Gasteiger partial charge in [-0.15, -0.1) is 0 Å². The van der Waals surface area contributed by atoms with Crippen LogP contribution in [-0.4, -0.2) is 67.7 Å². The first kappa shape index (κ1) is 20.7. The molecule has 1 unspecified atom stereocenters. The number of carboxylic acids is 1. The third kappa shape index (κ3) is 4.97. The molecule has 27 heavy (non-hydrogen) atoms. The molecule has 8 nitrogen and oxygen atoms in total. The second kappa shape index (κ2) is 9.36. The van der Waals surface area contributed by atoms with Crippen LogP contribution in [0.15, 0.2) is 24.3 Å². The second-order valence-electron chi connectivity index (χ2n) is 6.55. The summed E-state index contributed by atoms with van der Waals surface area (Å²) in [5.41, 5.74) is -0.751. The van der Waals surface area contributed by atoms with Gasteiger partial charge in [-0.1, -0.05) is 12.1 Å². The highest BCUT2D eigenvalue weighted by atomic mass is 16.5. The lowest BCUT2D eigenvalue weighted by Crippen LogP contribution is -2.53. The molecule has 1 heterocycles. The number of carboxylic acid groups (broad SMARTS) is 1. The van der Waals surface area contributed by atoms with Crippen LogP contribution in [0.5, 0.6) is 5.75 Å². The molecule has 8 heteroatoms. The van der Waals surface area contributed by atoms with E-state index in [1.807, 2.05) is 6.92 Å². The molecule has 0 radical (unpaired) electrons. The Morgan fingerprint density at radius 2 is 2.04 bits per heavy atom. The summed E-state index contributed by atoms with van der Waals surface area (Å²) in [6, 6.07) is 6.80. The van der Waals surface area contributed by atoms with Crippen LogP contribution in [-0.2, 0) is 14.3 Å². The number of rotatable bonds is 8. The molecule has 148 valence electrons. The van der Waals surface area contributed by atoms with Gasteiger partial charge in [0.2, 0.25) is 5.91 Å². The van der Waals surface area contributed by atoms with Gasteiger partial charge in [0.15, 0.2) is 0 Å². The Morgan fingerprint density at radius 3 is 2.70 bits per heavy atom. The Kier molecular flexibility index (Phi) is 7.18. The first-order valence-electron chi connectivity index (χ1n) is 8.93. The Morgan fingerprint density at radius 1 is 1.30 bits per heavy atom. The van der Waals surface area contributed by atoms with Crippen molar-refractivity contribution in [2.24, 2.45) is 5.41 Å². The number of nitrogens with zero attached hydrogens (tertiary/aromatic N) is 1. The minimum atomic E-state index is -1.10. The summed E-state index contributed by atoms with van der Waals surface area (Å²) in [5, 5.41) is 12.2. The maximum Gasteiger partial charge on any atom is 0.313 e. The number of ether oxygens (including phenoxy) is 2. The van der Waals surface area contributed by atoms with Gasteiger partial charge in [0, 0.05) is 20.2 Å². The van der Waals surface area contributed by atoms with Gasteiger partial charge in [-0.25, -0.2) is 0 Å². The van der Waals surface area contributed by atoms with E-state index >= 15 is 0 Å². The summed E-state index contributed by atoms with van der Waals surface area (Å²) in [7, 11) is 1.45. The zero-order chi connectivity index (χ0) is 19.9. The Labute approximate surface area is 158 Å². The number of nitrogens with one attached hydrogen (secondary N) is 1. The fraction of sp³-hybridized carbons (Fsp3) is 0.526. The highest BCUT2D eigenvalue weighted by molar-refractivity contribution is 5.98. The number of carbonyl (C=O) groups is 3. The molecular weight excluding hydrogens is 352 g/mol. The normalized spacial score (nSPS) is 19.4. The lowest BCUT2D eigenvalue weighted by Gasteiger charge is -2.39. The average Bonchev–Trinajstić information content (AvgIpc) is 2.67. The minimum Gasteiger partial charge on any atom is -0.493 e. The van der Waals surface area contributed by atoms with E-state index in [0.29, 0.717) is 37.3 Å². The fourth-order valence-electron chi connectivity index (χ4n) is 3.27. The van der Waals surface area contributed by atoms with E-state index < -0.39 is 17.3 Å². The van der Waals surface area contributed by atoms with E-state index in [2.05, 4.69) is 5.32 Å². The van der Waals surface area contributed by atoms with E-state index in [1.165, 1.54) is 12.0 Å². The number of hydrogen-bond donors (Lipinski definition) is 2. The van der Waals surface area contributed by atoms with Crippen molar-refractivity contribution in [3.05, 3.63) is 29.8 Å². The molecule has 1 atom stereocenters. The number of piperidine rings is 1. The number of amides is 2. The van der Waals surface area contributed by atoms with Gasteiger partial charge < -0.3 is 24.8 Å². The van der Waals surface area contributed by atoms with Crippen molar-refractivity contribution in [1.82, 2.24) is 10.2 Å². The molecule has 0 bridgehead atoms. The first-order chi connectivity index (χ1) is 12.9. The maximum absolute atomic E-state index is 12.5. The zero-order valence-electron chi connectivity index (χ0n) is 15.7. The lowest BCUT2D eigenvalue weighted by molar-refractivity contribution is -0.158. The monoisotopic (exact) mass is 378 g/mol. The number of para-hydroxylation sites is 1. The molecule has 2 rings (SSSR count). The van der Waals surface area contributed by atoms with Crippen LogP contribution in [0.3, 0.4) is 0 Å². The van der Waals surface area contributed by atoms with Crippen LogP contribution in [0.1, 0.15) is 30.1 Å². The number of carbonyl (C=O) groups excluding carboxylic acids is 2. The molecular formula is C19H26N2O6. The predicted octanol–water partition coefficient (Wildman–Crippen LogP) is 1.15. The molecule has 1 saturated heterocycles. The third-order valence-corrected chi connectivity index (χ3v) is 4.64. The SMILES string of the molecule is CCOc1ccccc1C(=O)NCC(=O)N1CCCC(COC)(C(=O)O)C1. The van der Waals surface area contributed by atoms with Crippen LogP contribution < -0.4 is 10.1 Å². The van der Waals surface area contributed by atoms with Crippen LogP contribution in [0, 0.1) is 5.41 Å². The van der Waals surface area contributed by atoms with Crippen LogP contribution >= 0.6 is 0 Å². The number of hydrogen-bond acceptors (Lipinski definition) is 5. The Balaban J connectivity index is 1.99. The third-order valence-electron chi connectivity index (χ3n) is 4.64. The number of benzene rings is 1. The van der Waals surface area contributed by atoms with Crippen molar-refractivity contribution in [3.8, 4) is 5.75 Å². The van der Waals surface area contributed by atoms with Gasteiger partial charge in [-0.05, 0) is 31.9 Å². The van der Waals surface area contributed by atoms with Crippen molar-refractivity contribution >= 4 is 17.8 Å². The van der Waals surface area contributed by atoms with Gasteiger partial charge >= 0.3 is 5.97 Å². The van der Waals surface area contributed by atoms with Gasteiger partial charge in [0.1, 0.15) is 11.2 Å². The van der Waals surface area contributed by atoms with Crippen LogP contribution in [0.4, 0.5) is 0 Å². The van der Waals surface area contributed by atoms with Crippen LogP contribution in [0.2, 0.25) is 0 Å². The molecule has 1 aromatic rings. The maximum atomic E-state index is 12.5. The van der Waals surface area contributed by atoms with E-state index in [1.54, 1.807) is 24.3 Å². The summed E-state index contributed by atoms with van der Waals surface area (Å²) in [6.07, 6.45) is 1.02. The predicted molar refractivity (Wildman–Crippen MR) is 97.7 cm³/mol. The highest BCUT2D eigenvalue weighted by Crippen LogP contribution is 2.30. The number of aliphatic carboxylic acids is 1. The molecule has 2 amide bonds. The molecule has 1 aliphatic rings. The average molecular weight is 378 g/mol. The quantitative estimate of drug-likeness (QED) is 0.703. The fourth-order valence-corrected chi connectivity index (χ4v) is 3.27. The molecule has 0 spiro atoms. The van der Waals surface area contributed by atoms with Crippen molar-refractivity contribution < 1.29 is 29.0 Å². The van der Waals surface area contributed by atoms with Gasteiger partial charge in [0.25, 0.3) is 5.91 Å². The minimum absolute atomic E-state index is 0.0419. The van der Waals surface area contributed by atoms with E-state index in [4.69, 9.17) is 9.47 Å². The smallest absolute Gasteiger partial charge is 0.313 e. The molecule has 1 aromatic carbocycles. The van der Waals surface area contributed by atoms with Gasteiger partial charge in [-0.2, -0.15) is 0 Å². The van der Waals surface area contributed by atoms with Crippen molar-refractivity contribution in [2.75, 3.05) is 40.0 Å². The van der Waals surface area contributed by atoms with E-state index in [0.717, 1.165) is 0 Å². The largest absolute Gasteiger partial charge is 0.493 e. The van der Waals surface area contributed by atoms with Crippen LogP contribution in [0.25, 0.3) is 0 Å². The topological polar surface area (TPSA) is 105 Å². The number of methoxy groups -OCH3 is 1. The standard InChI is InChI=1S/C19H26N2O6/c1-3-27-15-8-5-4-7-14(15)17(23)20-11-16(22)21-10-6-9-19(12-21,13-26-2)18(24)25/h4-5,7-8H,3,6,9-13H2,1-2H3,(H,20,23)(H,24,25). The molecule has 0 aromatic heterocycles. The molecule has 2 N–H and O–H groups in total. The van der Waals surface area contributed by atoms with Crippen molar-refractivity contribution in [3.63, 3.8) is 0 Å². The van der Waals surface area contributed by atoms with E-state index in [9.17, 15) is 19.5 Å². The summed E-state index contributed by atoms with van der Waals surface area (Å²) < 4.78 is 10.5. The summed E-state index contributed by atoms with van der Waals surface area (Å²) >= 11 is 0. The lowest BCUT2D eigenvalue weighted by atomic mass is 9.80. The molecule has 0 saturated carbocycles.